The summed E-state index contributed by atoms with van der Waals surface area (Å²) in [6.45, 7) is 0.303. The molecule has 0 unspecified atom stereocenters. The zero-order valence-electron chi connectivity index (χ0n) is 16.5. The molecule has 6 nitrogen and oxygen atoms in total. The zero-order chi connectivity index (χ0) is 21.8. The maximum absolute atomic E-state index is 13.0. The van der Waals surface area contributed by atoms with Gasteiger partial charge in [-0.1, -0.05) is 48.4 Å². The molecule has 0 saturated heterocycles. The lowest BCUT2D eigenvalue weighted by atomic mass is 10.1. The number of primary sulfonamides is 1. The van der Waals surface area contributed by atoms with E-state index in [0.717, 1.165) is 16.5 Å². The molecule has 0 spiro atoms. The van der Waals surface area contributed by atoms with E-state index in [-0.39, 0.29) is 10.5 Å². The second-order valence-corrected chi connectivity index (χ2v) is 8.62. The van der Waals surface area contributed by atoms with Gasteiger partial charge in [0.05, 0.1) is 16.8 Å². The van der Waals surface area contributed by atoms with Crippen LogP contribution in [-0.4, -0.2) is 18.0 Å². The van der Waals surface area contributed by atoms with Crippen LogP contribution in [-0.2, 0) is 23.0 Å². The van der Waals surface area contributed by atoms with Crippen molar-refractivity contribution in [1.29, 1.82) is 0 Å². The van der Waals surface area contributed by atoms with Crippen LogP contribution in [0, 0.1) is 11.8 Å². The molecule has 0 saturated carbocycles. The van der Waals surface area contributed by atoms with Crippen LogP contribution < -0.4 is 10.7 Å². The highest BCUT2D eigenvalue weighted by Gasteiger charge is 2.08. The Hall–Kier alpha value is -3.73. The van der Waals surface area contributed by atoms with Gasteiger partial charge in [0.15, 0.2) is 0 Å². The maximum atomic E-state index is 13.0. The van der Waals surface area contributed by atoms with Gasteiger partial charge in [-0.15, -0.1) is 0 Å². The van der Waals surface area contributed by atoms with E-state index in [1.54, 1.807) is 35.2 Å². The molecule has 4 rings (SSSR count). The van der Waals surface area contributed by atoms with E-state index in [0.29, 0.717) is 24.0 Å². The molecule has 0 aliphatic rings. The van der Waals surface area contributed by atoms with Crippen LogP contribution in [0.2, 0.25) is 0 Å². The molecular weight excluding hydrogens is 410 g/mol. The molecule has 2 aromatic carbocycles. The van der Waals surface area contributed by atoms with E-state index in [2.05, 4.69) is 16.8 Å². The largest absolute Gasteiger partial charge is 0.311 e. The van der Waals surface area contributed by atoms with Gasteiger partial charge in [0.1, 0.15) is 5.69 Å². The molecule has 4 aromatic rings. The molecule has 0 aliphatic carbocycles. The predicted octanol–water partition coefficient (Wildman–Crippen LogP) is 2.69. The Morgan fingerprint density at radius 1 is 0.968 bits per heavy atom. The van der Waals surface area contributed by atoms with Gasteiger partial charge in [0.25, 0.3) is 5.56 Å². The van der Waals surface area contributed by atoms with E-state index in [1.165, 1.54) is 12.1 Å². The Labute approximate surface area is 180 Å². The predicted molar refractivity (Wildman–Crippen MR) is 120 cm³/mol. The Kier molecular flexibility index (Phi) is 5.67. The maximum Gasteiger partial charge on any atom is 0.258 e. The number of hydrogen-bond donors (Lipinski definition) is 1. The van der Waals surface area contributed by atoms with E-state index in [1.807, 2.05) is 36.4 Å². The van der Waals surface area contributed by atoms with Gasteiger partial charge in [0, 0.05) is 24.2 Å². The number of nitrogens with two attached hydrogens (primary N) is 1. The number of nitrogens with zero attached hydrogens (tertiary/aromatic N) is 2. The van der Waals surface area contributed by atoms with Crippen molar-refractivity contribution in [3.05, 3.63) is 106 Å². The van der Waals surface area contributed by atoms with Crippen LogP contribution in [0.1, 0.15) is 16.8 Å². The van der Waals surface area contributed by atoms with E-state index >= 15 is 0 Å². The molecule has 31 heavy (non-hydrogen) atoms. The number of benzene rings is 2. The fraction of sp³-hybridized carbons (Fsp3) is 0.0833. The molecule has 154 valence electrons. The lowest BCUT2D eigenvalue weighted by molar-refractivity contribution is 0.597. The molecule has 0 radical (unpaired) electrons. The summed E-state index contributed by atoms with van der Waals surface area (Å²) in [5.74, 6) is 6.12. The molecule has 2 N–H and O–H groups in total. The second-order valence-electron chi connectivity index (χ2n) is 7.06. The van der Waals surface area contributed by atoms with Crippen LogP contribution in [0.25, 0.3) is 10.8 Å². The van der Waals surface area contributed by atoms with Crippen molar-refractivity contribution in [1.82, 2.24) is 9.55 Å². The van der Waals surface area contributed by atoms with Gasteiger partial charge in [-0.05, 0) is 41.3 Å². The molecular formula is C24H19N3O3S. The summed E-state index contributed by atoms with van der Waals surface area (Å²) >= 11 is 0. The Bertz CT molecular complexity index is 1460. The Balaban J connectivity index is 1.60. The van der Waals surface area contributed by atoms with Crippen LogP contribution in [0.3, 0.4) is 0 Å². The third kappa shape index (κ3) is 4.89. The van der Waals surface area contributed by atoms with Crippen molar-refractivity contribution in [2.75, 3.05) is 0 Å². The molecule has 0 bridgehead atoms. The zero-order valence-corrected chi connectivity index (χ0v) is 17.3. The molecule has 0 amide bonds. The standard InChI is InChI=1S/C24H19N3O3S/c25-31(29,30)22-11-9-19(10-12-22)17-27-14-13-20-16-26-21(15-23(20)24(27)28)8-4-7-18-5-2-1-3-6-18/h1-3,5-6,9-16H,7,17H2,(H2,25,29,30). The molecule has 0 aliphatic heterocycles. The summed E-state index contributed by atoms with van der Waals surface area (Å²) in [6.07, 6.45) is 3.95. The highest BCUT2D eigenvalue weighted by atomic mass is 32.2. The SMILES string of the molecule is NS(=O)(=O)c1ccc(Cn2ccc3cnc(C#CCc4ccccc4)cc3c2=O)cc1. The van der Waals surface area contributed by atoms with E-state index in [9.17, 15) is 13.2 Å². The minimum Gasteiger partial charge on any atom is -0.311 e. The summed E-state index contributed by atoms with van der Waals surface area (Å²) < 4.78 is 24.4. The molecule has 0 fully saturated rings. The normalized spacial score (nSPS) is 11.1. The first-order valence-corrected chi connectivity index (χ1v) is 11.1. The van der Waals surface area contributed by atoms with Crippen molar-refractivity contribution < 1.29 is 8.42 Å². The van der Waals surface area contributed by atoms with Crippen LogP contribution in [0.4, 0.5) is 0 Å². The number of sulfonamides is 1. The fourth-order valence-corrected chi connectivity index (χ4v) is 3.70. The van der Waals surface area contributed by atoms with E-state index in [4.69, 9.17) is 5.14 Å². The summed E-state index contributed by atoms with van der Waals surface area (Å²) in [5, 5.41) is 6.39. The van der Waals surface area contributed by atoms with Crippen molar-refractivity contribution >= 4 is 20.8 Å². The third-order valence-electron chi connectivity index (χ3n) is 4.82. The fourth-order valence-electron chi connectivity index (χ4n) is 3.18. The monoisotopic (exact) mass is 429 g/mol. The summed E-state index contributed by atoms with van der Waals surface area (Å²) in [7, 11) is -3.75. The highest BCUT2D eigenvalue weighted by molar-refractivity contribution is 7.89. The summed E-state index contributed by atoms with van der Waals surface area (Å²) in [5.41, 5.74) is 2.27. The van der Waals surface area contributed by atoms with Crippen molar-refractivity contribution in [2.24, 2.45) is 5.14 Å². The minimum atomic E-state index is -3.75. The molecule has 7 heteroatoms. The number of rotatable bonds is 4. The lowest BCUT2D eigenvalue weighted by Crippen LogP contribution is -2.20. The average Bonchev–Trinajstić information content (AvgIpc) is 2.76. The van der Waals surface area contributed by atoms with Crippen molar-refractivity contribution in [2.45, 2.75) is 17.9 Å². The molecule has 0 atom stereocenters. The number of aromatic nitrogens is 2. The van der Waals surface area contributed by atoms with Gasteiger partial charge in [-0.3, -0.25) is 4.79 Å². The van der Waals surface area contributed by atoms with E-state index < -0.39 is 10.0 Å². The average molecular weight is 430 g/mol. The van der Waals surface area contributed by atoms with Crippen LogP contribution in [0.15, 0.2) is 88.8 Å². The second kappa shape index (κ2) is 8.56. The Morgan fingerprint density at radius 2 is 1.71 bits per heavy atom. The lowest BCUT2D eigenvalue weighted by Gasteiger charge is -2.08. The first-order chi connectivity index (χ1) is 14.9. The third-order valence-corrected chi connectivity index (χ3v) is 5.75. The van der Waals surface area contributed by atoms with Gasteiger partial charge in [-0.25, -0.2) is 18.5 Å². The summed E-state index contributed by atoms with van der Waals surface area (Å²) in [6, 6.07) is 19.6. The summed E-state index contributed by atoms with van der Waals surface area (Å²) in [4.78, 5) is 17.3. The van der Waals surface area contributed by atoms with Crippen LogP contribution >= 0.6 is 0 Å². The van der Waals surface area contributed by atoms with Gasteiger partial charge < -0.3 is 4.57 Å². The van der Waals surface area contributed by atoms with Crippen molar-refractivity contribution in [3.8, 4) is 11.8 Å². The van der Waals surface area contributed by atoms with Crippen LogP contribution in [0.5, 0.6) is 0 Å². The van der Waals surface area contributed by atoms with Crippen molar-refractivity contribution in [3.63, 3.8) is 0 Å². The number of hydrogen-bond acceptors (Lipinski definition) is 4. The van der Waals surface area contributed by atoms with Gasteiger partial charge in [-0.2, -0.15) is 0 Å². The number of pyridine rings is 2. The first kappa shape index (κ1) is 20.5. The van der Waals surface area contributed by atoms with Gasteiger partial charge in [0.2, 0.25) is 10.0 Å². The highest BCUT2D eigenvalue weighted by Crippen LogP contribution is 2.12. The smallest absolute Gasteiger partial charge is 0.258 e. The quantitative estimate of drug-likeness (QED) is 0.505. The molecule has 2 aromatic heterocycles. The Morgan fingerprint density at radius 3 is 2.42 bits per heavy atom. The number of fused-ring (bicyclic) bond motifs is 1. The van der Waals surface area contributed by atoms with Gasteiger partial charge >= 0.3 is 0 Å². The molecule has 2 heterocycles. The first-order valence-electron chi connectivity index (χ1n) is 9.54. The minimum absolute atomic E-state index is 0.0342. The topological polar surface area (TPSA) is 95.1 Å².